The van der Waals surface area contributed by atoms with Crippen LogP contribution in [0.4, 0.5) is 5.69 Å². The fourth-order valence-electron chi connectivity index (χ4n) is 2.25. The topological polar surface area (TPSA) is 79.5 Å². The minimum Gasteiger partial charge on any atom is -0.397 e. The molecule has 2 heterocycles. The molecule has 0 aromatic carbocycles. The van der Waals surface area contributed by atoms with Gasteiger partial charge in [0.25, 0.3) is 5.91 Å². The maximum Gasteiger partial charge on any atom is 0.255 e. The third kappa shape index (κ3) is 2.61. The second-order valence-electron chi connectivity index (χ2n) is 4.82. The van der Waals surface area contributed by atoms with E-state index >= 15 is 0 Å². The molecule has 1 aromatic heterocycles. The van der Waals surface area contributed by atoms with Gasteiger partial charge in [-0.1, -0.05) is 0 Å². The van der Waals surface area contributed by atoms with Gasteiger partial charge in [-0.2, -0.15) is 0 Å². The van der Waals surface area contributed by atoms with Gasteiger partial charge in [-0.25, -0.2) is 0 Å². The molecular weight excluding hydrogens is 230 g/mol. The van der Waals surface area contributed by atoms with E-state index < -0.39 is 0 Å². The number of rotatable bonds is 2. The number of nitrogen functional groups attached to an aromatic ring is 1. The number of aromatic nitrogens is 1. The number of likely N-dealkylation sites (tertiary alicyclic amines) is 1. The standard InChI is InChI=1S/C13H19N3O2/c1-9-12(6-11(14)7-15-9)13(18)16-4-2-10(8-17)3-5-16/h6-7,10,17H,2-5,8,14H2,1H3. The molecule has 5 nitrogen and oxygen atoms in total. The second-order valence-corrected chi connectivity index (χ2v) is 4.82. The average molecular weight is 249 g/mol. The number of nitrogens with two attached hydrogens (primary N) is 1. The quantitative estimate of drug-likeness (QED) is 0.813. The number of amides is 1. The van der Waals surface area contributed by atoms with Gasteiger partial charge in [0, 0.05) is 19.7 Å². The summed E-state index contributed by atoms with van der Waals surface area (Å²) in [5, 5.41) is 9.08. The summed E-state index contributed by atoms with van der Waals surface area (Å²) < 4.78 is 0. The molecule has 3 N–H and O–H groups in total. The summed E-state index contributed by atoms with van der Waals surface area (Å²) in [7, 11) is 0. The summed E-state index contributed by atoms with van der Waals surface area (Å²) in [5.41, 5.74) is 7.47. The molecule has 0 radical (unpaired) electrons. The Morgan fingerprint density at radius 3 is 2.83 bits per heavy atom. The van der Waals surface area contributed by atoms with E-state index in [0.717, 1.165) is 12.8 Å². The number of nitrogens with zero attached hydrogens (tertiary/aromatic N) is 2. The Morgan fingerprint density at radius 1 is 1.56 bits per heavy atom. The third-order valence-electron chi connectivity index (χ3n) is 3.50. The summed E-state index contributed by atoms with van der Waals surface area (Å²) in [6, 6.07) is 1.68. The largest absolute Gasteiger partial charge is 0.397 e. The molecule has 1 fully saturated rings. The molecule has 1 aromatic rings. The van der Waals surface area contributed by atoms with Crippen molar-refractivity contribution in [1.29, 1.82) is 0 Å². The van der Waals surface area contributed by atoms with Gasteiger partial charge >= 0.3 is 0 Å². The van der Waals surface area contributed by atoms with Crippen molar-refractivity contribution in [1.82, 2.24) is 9.88 Å². The monoisotopic (exact) mass is 249 g/mol. The first-order valence-corrected chi connectivity index (χ1v) is 6.24. The lowest BCUT2D eigenvalue weighted by atomic mass is 9.97. The van der Waals surface area contributed by atoms with E-state index in [2.05, 4.69) is 4.98 Å². The van der Waals surface area contributed by atoms with Gasteiger partial charge in [0.2, 0.25) is 0 Å². The van der Waals surface area contributed by atoms with Crippen LogP contribution in [-0.2, 0) is 0 Å². The summed E-state index contributed by atoms with van der Waals surface area (Å²) in [6.45, 7) is 3.41. The molecule has 0 atom stereocenters. The van der Waals surface area contributed by atoms with Crippen LogP contribution in [0.1, 0.15) is 28.9 Å². The second kappa shape index (κ2) is 5.35. The van der Waals surface area contributed by atoms with Gasteiger partial charge in [0.1, 0.15) is 0 Å². The molecule has 0 aliphatic carbocycles. The Morgan fingerprint density at radius 2 is 2.22 bits per heavy atom. The summed E-state index contributed by atoms with van der Waals surface area (Å²) >= 11 is 0. The smallest absolute Gasteiger partial charge is 0.255 e. The average Bonchev–Trinajstić information content (AvgIpc) is 2.41. The van der Waals surface area contributed by atoms with Gasteiger partial charge < -0.3 is 15.7 Å². The number of carbonyl (C=O) groups is 1. The number of piperidine rings is 1. The lowest BCUT2D eigenvalue weighted by Crippen LogP contribution is -2.39. The lowest BCUT2D eigenvalue weighted by Gasteiger charge is -2.31. The lowest BCUT2D eigenvalue weighted by molar-refractivity contribution is 0.0649. The SMILES string of the molecule is Cc1ncc(N)cc1C(=O)N1CCC(CO)CC1. The summed E-state index contributed by atoms with van der Waals surface area (Å²) in [5.74, 6) is 0.317. The van der Waals surface area contributed by atoms with Crippen LogP contribution < -0.4 is 5.73 Å². The minimum atomic E-state index is -0.0105. The zero-order valence-corrected chi connectivity index (χ0v) is 10.6. The third-order valence-corrected chi connectivity index (χ3v) is 3.50. The fourth-order valence-corrected chi connectivity index (χ4v) is 2.25. The fraction of sp³-hybridized carbons (Fsp3) is 0.538. The molecule has 1 aliphatic rings. The molecule has 2 rings (SSSR count). The summed E-state index contributed by atoms with van der Waals surface area (Å²) in [6.07, 6.45) is 3.28. The number of aliphatic hydroxyl groups excluding tert-OH is 1. The number of hydrogen-bond acceptors (Lipinski definition) is 4. The first-order chi connectivity index (χ1) is 8.61. The summed E-state index contributed by atoms with van der Waals surface area (Å²) in [4.78, 5) is 18.3. The Kier molecular flexibility index (Phi) is 3.81. The van der Waals surface area contributed by atoms with Crippen LogP contribution in [0.2, 0.25) is 0 Å². The number of pyridine rings is 1. The van der Waals surface area contributed by atoms with E-state index in [4.69, 9.17) is 10.8 Å². The zero-order chi connectivity index (χ0) is 13.1. The van der Waals surface area contributed by atoms with Crippen LogP contribution in [0.3, 0.4) is 0 Å². The Bertz CT molecular complexity index is 440. The van der Waals surface area contributed by atoms with Crippen LogP contribution >= 0.6 is 0 Å². The molecular formula is C13H19N3O2. The van der Waals surface area contributed by atoms with E-state index in [1.165, 1.54) is 0 Å². The van der Waals surface area contributed by atoms with E-state index in [0.29, 0.717) is 36.0 Å². The predicted octanol–water partition coefficient (Wildman–Crippen LogP) is 0.817. The molecule has 1 aliphatic heterocycles. The molecule has 18 heavy (non-hydrogen) atoms. The first-order valence-electron chi connectivity index (χ1n) is 6.24. The normalized spacial score (nSPS) is 16.9. The molecule has 1 saturated heterocycles. The number of hydrogen-bond donors (Lipinski definition) is 2. The van der Waals surface area contributed by atoms with E-state index in [1.807, 2.05) is 11.8 Å². The number of anilines is 1. The van der Waals surface area contributed by atoms with Crippen molar-refractivity contribution >= 4 is 11.6 Å². The molecule has 0 bridgehead atoms. The first kappa shape index (κ1) is 12.8. The maximum atomic E-state index is 12.3. The Labute approximate surface area is 107 Å². The maximum absolute atomic E-state index is 12.3. The van der Waals surface area contributed by atoms with Crippen LogP contribution in [0, 0.1) is 12.8 Å². The van der Waals surface area contributed by atoms with Crippen molar-refractivity contribution in [3.05, 3.63) is 23.5 Å². The Balaban J connectivity index is 2.10. The highest BCUT2D eigenvalue weighted by Gasteiger charge is 2.24. The van der Waals surface area contributed by atoms with Gasteiger partial charge in [-0.05, 0) is 31.7 Å². The molecule has 1 amide bonds. The van der Waals surface area contributed by atoms with Crippen molar-refractivity contribution in [3.63, 3.8) is 0 Å². The number of carbonyl (C=O) groups excluding carboxylic acids is 1. The Hall–Kier alpha value is -1.62. The van der Waals surface area contributed by atoms with Crippen molar-refractivity contribution in [2.75, 3.05) is 25.4 Å². The van der Waals surface area contributed by atoms with E-state index in [9.17, 15) is 4.79 Å². The van der Waals surface area contributed by atoms with Crippen LogP contribution in [0.25, 0.3) is 0 Å². The molecule has 0 spiro atoms. The zero-order valence-electron chi connectivity index (χ0n) is 10.6. The van der Waals surface area contributed by atoms with Gasteiger partial charge in [0.05, 0.1) is 23.1 Å². The highest BCUT2D eigenvalue weighted by molar-refractivity contribution is 5.96. The van der Waals surface area contributed by atoms with Crippen LogP contribution in [0.15, 0.2) is 12.3 Å². The van der Waals surface area contributed by atoms with Gasteiger partial charge in [-0.15, -0.1) is 0 Å². The van der Waals surface area contributed by atoms with Gasteiger partial charge in [-0.3, -0.25) is 9.78 Å². The molecule has 0 saturated carbocycles. The number of aliphatic hydroxyl groups is 1. The van der Waals surface area contributed by atoms with Crippen molar-refractivity contribution in [2.24, 2.45) is 5.92 Å². The molecule has 5 heteroatoms. The highest BCUT2D eigenvalue weighted by Crippen LogP contribution is 2.20. The van der Waals surface area contributed by atoms with Crippen molar-refractivity contribution in [3.8, 4) is 0 Å². The minimum absolute atomic E-state index is 0.0105. The van der Waals surface area contributed by atoms with E-state index in [1.54, 1.807) is 12.3 Å². The van der Waals surface area contributed by atoms with Crippen molar-refractivity contribution in [2.45, 2.75) is 19.8 Å². The predicted molar refractivity (Wildman–Crippen MR) is 69.1 cm³/mol. The highest BCUT2D eigenvalue weighted by atomic mass is 16.3. The molecule has 98 valence electrons. The van der Waals surface area contributed by atoms with Crippen molar-refractivity contribution < 1.29 is 9.90 Å². The number of aryl methyl sites for hydroxylation is 1. The van der Waals surface area contributed by atoms with Crippen LogP contribution in [-0.4, -0.2) is 40.6 Å². The van der Waals surface area contributed by atoms with E-state index in [-0.39, 0.29) is 12.5 Å². The van der Waals surface area contributed by atoms with Gasteiger partial charge in [0.15, 0.2) is 0 Å². The molecule has 0 unspecified atom stereocenters. The van der Waals surface area contributed by atoms with Crippen LogP contribution in [0.5, 0.6) is 0 Å².